The molecule has 3 N–H and O–H groups in total. The molecule has 0 aliphatic rings. The van der Waals surface area contributed by atoms with E-state index >= 15 is 0 Å². The van der Waals surface area contributed by atoms with Crippen molar-refractivity contribution in [2.24, 2.45) is 17.6 Å². The normalized spacial score (nSPS) is 13.8. The van der Waals surface area contributed by atoms with Gasteiger partial charge < -0.3 is 10.8 Å². The number of carboxylic acid groups (broad SMARTS) is 1. The van der Waals surface area contributed by atoms with Gasteiger partial charge in [0.25, 0.3) is 0 Å². The molecule has 0 saturated carbocycles. The first kappa shape index (κ1) is 20.9. The Morgan fingerprint density at radius 2 is 1.87 bits per heavy atom. The zero-order valence-corrected chi connectivity index (χ0v) is 15.9. The number of carbonyl (C=O) groups is 1. The van der Waals surface area contributed by atoms with Gasteiger partial charge in [-0.1, -0.05) is 66.2 Å². The maximum absolute atomic E-state index is 11.1. The van der Waals surface area contributed by atoms with Crippen LogP contribution < -0.4 is 5.73 Å². The Bertz CT molecular complexity index is 551. The lowest BCUT2D eigenvalue weighted by Crippen LogP contribution is -2.25. The molecule has 2 atom stereocenters. The molecule has 2 unspecified atom stereocenters. The number of carboxylic acids is 1. The molecule has 0 heterocycles. The first-order chi connectivity index (χ1) is 10.8. The number of benzene rings is 1. The maximum atomic E-state index is 11.1. The van der Waals surface area contributed by atoms with Gasteiger partial charge >= 0.3 is 5.97 Å². The highest BCUT2D eigenvalue weighted by Crippen LogP contribution is 2.38. The van der Waals surface area contributed by atoms with Crippen LogP contribution in [0.1, 0.15) is 38.2 Å². The van der Waals surface area contributed by atoms with Crippen molar-refractivity contribution in [1.82, 2.24) is 0 Å². The third-order valence-electron chi connectivity index (χ3n) is 4.07. The lowest BCUT2D eigenvalue weighted by atomic mass is 9.88. The summed E-state index contributed by atoms with van der Waals surface area (Å²) < 4.78 is 0. The predicted octanol–water partition coefficient (Wildman–Crippen LogP) is 5.70. The van der Waals surface area contributed by atoms with Crippen molar-refractivity contribution in [1.29, 1.82) is 0 Å². The SMILES string of the molecule is CCC(CCCc1cc(Cl)c(Cl)c(Cl)c1Cl)CC(CN)C(=O)O. The van der Waals surface area contributed by atoms with Crippen molar-refractivity contribution in [2.75, 3.05) is 6.54 Å². The minimum Gasteiger partial charge on any atom is -0.481 e. The van der Waals surface area contributed by atoms with E-state index in [2.05, 4.69) is 6.92 Å². The van der Waals surface area contributed by atoms with E-state index in [1.54, 1.807) is 6.07 Å². The fraction of sp³-hybridized carbons (Fsp3) is 0.562. The average molecular weight is 401 g/mol. The largest absolute Gasteiger partial charge is 0.481 e. The second-order valence-electron chi connectivity index (χ2n) is 5.63. The van der Waals surface area contributed by atoms with Crippen molar-refractivity contribution in [3.63, 3.8) is 0 Å². The van der Waals surface area contributed by atoms with E-state index in [9.17, 15) is 4.79 Å². The fourth-order valence-corrected chi connectivity index (χ4v) is 3.51. The molecule has 0 amide bonds. The quantitative estimate of drug-likeness (QED) is 0.412. The molecule has 7 heteroatoms. The van der Waals surface area contributed by atoms with Gasteiger partial charge in [0.15, 0.2) is 0 Å². The molecule has 130 valence electrons. The van der Waals surface area contributed by atoms with Crippen molar-refractivity contribution >= 4 is 52.4 Å². The van der Waals surface area contributed by atoms with Crippen molar-refractivity contribution in [3.8, 4) is 0 Å². The van der Waals surface area contributed by atoms with Gasteiger partial charge in [-0.3, -0.25) is 4.79 Å². The van der Waals surface area contributed by atoms with Gasteiger partial charge in [0.1, 0.15) is 0 Å². The smallest absolute Gasteiger partial charge is 0.307 e. The molecule has 3 nitrogen and oxygen atoms in total. The van der Waals surface area contributed by atoms with Crippen LogP contribution in [0, 0.1) is 11.8 Å². The van der Waals surface area contributed by atoms with Crippen molar-refractivity contribution in [2.45, 2.75) is 39.0 Å². The first-order valence-corrected chi connectivity index (χ1v) is 9.07. The summed E-state index contributed by atoms with van der Waals surface area (Å²) in [4.78, 5) is 11.1. The molecule has 0 saturated heterocycles. The number of aliphatic carboxylic acids is 1. The van der Waals surface area contributed by atoms with E-state index in [0.29, 0.717) is 28.8 Å². The van der Waals surface area contributed by atoms with Gasteiger partial charge in [0, 0.05) is 6.54 Å². The van der Waals surface area contributed by atoms with Crippen LogP contribution in [0.4, 0.5) is 0 Å². The van der Waals surface area contributed by atoms with Crippen LogP contribution in [0.15, 0.2) is 6.07 Å². The maximum Gasteiger partial charge on any atom is 0.307 e. The molecule has 1 aromatic rings. The molecule has 0 radical (unpaired) electrons. The van der Waals surface area contributed by atoms with Gasteiger partial charge in [-0.2, -0.15) is 0 Å². The van der Waals surface area contributed by atoms with E-state index in [1.807, 2.05) is 0 Å². The summed E-state index contributed by atoms with van der Waals surface area (Å²) in [6.07, 6.45) is 3.99. The first-order valence-electron chi connectivity index (χ1n) is 7.56. The molecular formula is C16H21Cl4NO2. The summed E-state index contributed by atoms with van der Waals surface area (Å²) in [6.45, 7) is 2.23. The second-order valence-corrected chi connectivity index (χ2v) is 7.17. The van der Waals surface area contributed by atoms with Crippen LogP contribution in [0.25, 0.3) is 0 Å². The third kappa shape index (κ3) is 5.99. The second kappa shape index (κ2) is 9.95. The summed E-state index contributed by atoms with van der Waals surface area (Å²) in [7, 11) is 0. The molecule has 1 aromatic carbocycles. The summed E-state index contributed by atoms with van der Waals surface area (Å²) in [5.74, 6) is -0.995. The molecule has 0 aliphatic heterocycles. The summed E-state index contributed by atoms with van der Waals surface area (Å²) in [5.41, 5.74) is 6.38. The Labute approximate surface area is 157 Å². The lowest BCUT2D eigenvalue weighted by molar-refractivity contribution is -0.142. The van der Waals surface area contributed by atoms with E-state index < -0.39 is 11.9 Å². The number of rotatable bonds is 9. The molecule has 0 aromatic heterocycles. The topological polar surface area (TPSA) is 63.3 Å². The van der Waals surface area contributed by atoms with Crippen molar-refractivity contribution < 1.29 is 9.90 Å². The molecule has 0 bridgehead atoms. The molecule has 0 aliphatic carbocycles. The Morgan fingerprint density at radius 3 is 2.39 bits per heavy atom. The highest BCUT2D eigenvalue weighted by Gasteiger charge is 2.20. The van der Waals surface area contributed by atoms with E-state index in [1.165, 1.54) is 0 Å². The number of hydrogen-bond acceptors (Lipinski definition) is 2. The van der Waals surface area contributed by atoms with Crippen LogP contribution in [0.2, 0.25) is 20.1 Å². The van der Waals surface area contributed by atoms with Gasteiger partial charge in [0.2, 0.25) is 0 Å². The highest BCUT2D eigenvalue weighted by molar-refractivity contribution is 6.51. The highest BCUT2D eigenvalue weighted by atomic mass is 35.5. The number of hydrogen-bond donors (Lipinski definition) is 2. The molecule has 23 heavy (non-hydrogen) atoms. The lowest BCUT2D eigenvalue weighted by Gasteiger charge is -2.19. The number of halogens is 4. The van der Waals surface area contributed by atoms with E-state index in [0.717, 1.165) is 24.8 Å². The van der Waals surface area contributed by atoms with Crippen LogP contribution in [0.5, 0.6) is 0 Å². The van der Waals surface area contributed by atoms with E-state index in [4.69, 9.17) is 57.2 Å². The molecule has 0 fully saturated rings. The van der Waals surface area contributed by atoms with E-state index in [-0.39, 0.29) is 16.6 Å². The third-order valence-corrected chi connectivity index (χ3v) is 5.86. The van der Waals surface area contributed by atoms with Crippen LogP contribution in [-0.2, 0) is 11.2 Å². The van der Waals surface area contributed by atoms with Gasteiger partial charge in [0.05, 0.1) is 26.0 Å². The fourth-order valence-electron chi connectivity index (χ4n) is 2.57. The average Bonchev–Trinajstić information content (AvgIpc) is 2.52. The van der Waals surface area contributed by atoms with Crippen LogP contribution in [-0.4, -0.2) is 17.6 Å². The number of aryl methyl sites for hydroxylation is 1. The van der Waals surface area contributed by atoms with Crippen LogP contribution >= 0.6 is 46.4 Å². The zero-order chi connectivity index (χ0) is 17.6. The summed E-state index contributed by atoms with van der Waals surface area (Å²) in [5, 5.41) is 10.5. The molecule has 0 spiro atoms. The predicted molar refractivity (Wildman–Crippen MR) is 98.0 cm³/mol. The molecule has 1 rings (SSSR count). The van der Waals surface area contributed by atoms with Gasteiger partial charge in [-0.15, -0.1) is 0 Å². The van der Waals surface area contributed by atoms with Crippen LogP contribution in [0.3, 0.4) is 0 Å². The Kier molecular flexibility index (Phi) is 9.02. The minimum absolute atomic E-state index is 0.167. The van der Waals surface area contributed by atoms with Crippen molar-refractivity contribution in [3.05, 3.63) is 31.7 Å². The molecular weight excluding hydrogens is 380 g/mol. The standard InChI is InChI=1S/C16H21Cl4NO2/c1-2-9(6-11(8-21)16(22)23)4-3-5-10-7-12(17)14(19)15(20)13(10)18/h7,9,11H,2-6,8,21H2,1H3,(H,22,23). The monoisotopic (exact) mass is 399 g/mol. The summed E-state index contributed by atoms with van der Waals surface area (Å²) in [6, 6.07) is 1.74. The zero-order valence-electron chi connectivity index (χ0n) is 12.9. The van der Waals surface area contributed by atoms with Gasteiger partial charge in [-0.25, -0.2) is 0 Å². The Balaban J connectivity index is 2.63. The number of nitrogens with two attached hydrogens (primary N) is 1. The minimum atomic E-state index is -0.828. The Hall–Kier alpha value is -0.190. The summed E-state index contributed by atoms with van der Waals surface area (Å²) >= 11 is 24.2. The Morgan fingerprint density at radius 1 is 1.22 bits per heavy atom. The van der Waals surface area contributed by atoms with Gasteiger partial charge in [-0.05, 0) is 36.8 Å².